The number of benzene rings is 2. The van der Waals surface area contributed by atoms with Crippen LogP contribution in [0.1, 0.15) is 29.9 Å². The van der Waals surface area contributed by atoms with E-state index in [-0.39, 0.29) is 23.1 Å². The Morgan fingerprint density at radius 2 is 2.03 bits per heavy atom. The molecule has 0 radical (unpaired) electrons. The molecule has 2 aliphatic heterocycles. The molecule has 30 heavy (non-hydrogen) atoms. The van der Waals surface area contributed by atoms with E-state index in [4.69, 9.17) is 28.9 Å². The maximum atomic E-state index is 15.2. The first-order chi connectivity index (χ1) is 14.4. The number of hydrogen-bond acceptors (Lipinski definition) is 4. The van der Waals surface area contributed by atoms with E-state index in [0.717, 1.165) is 12.8 Å². The minimum atomic E-state index is -1.25. The lowest BCUT2D eigenvalue weighted by Crippen LogP contribution is -2.53. The quantitative estimate of drug-likeness (QED) is 0.667. The van der Waals surface area contributed by atoms with Crippen LogP contribution in [0.2, 0.25) is 10.0 Å². The molecule has 1 aliphatic carbocycles. The van der Waals surface area contributed by atoms with E-state index in [2.05, 4.69) is 5.32 Å². The maximum Gasteiger partial charge on any atom is 0.250 e. The van der Waals surface area contributed by atoms with Gasteiger partial charge < -0.3 is 16.2 Å². The van der Waals surface area contributed by atoms with Gasteiger partial charge in [0.15, 0.2) is 0 Å². The monoisotopic (exact) mass is 449 g/mol. The number of carbonyl (C=O) groups is 1. The highest BCUT2D eigenvalue weighted by molar-refractivity contribution is 6.31. The fourth-order valence-corrected chi connectivity index (χ4v) is 5.66. The summed E-state index contributed by atoms with van der Waals surface area (Å²) < 4.78 is 15.2. The Hall–Kier alpha value is -1.70. The molecule has 1 amide bonds. The molecule has 0 bridgehead atoms. The zero-order valence-corrected chi connectivity index (χ0v) is 17.6. The van der Waals surface area contributed by atoms with Crippen LogP contribution in [0.15, 0.2) is 36.4 Å². The Morgan fingerprint density at radius 3 is 2.73 bits per heavy atom. The normalized spacial score (nSPS) is 30.7. The highest BCUT2D eigenvalue weighted by Gasteiger charge is 2.66. The van der Waals surface area contributed by atoms with Crippen molar-refractivity contribution in [1.82, 2.24) is 4.90 Å². The topological polar surface area (TPSA) is 78.6 Å². The molecular formula is C22H22Cl2FN3O2. The van der Waals surface area contributed by atoms with E-state index in [9.17, 15) is 9.90 Å². The van der Waals surface area contributed by atoms with Crippen LogP contribution in [0.3, 0.4) is 0 Å². The average molecular weight is 450 g/mol. The fourth-order valence-electron chi connectivity index (χ4n) is 5.31. The van der Waals surface area contributed by atoms with Crippen molar-refractivity contribution in [1.29, 1.82) is 0 Å². The summed E-state index contributed by atoms with van der Waals surface area (Å²) in [6.45, 7) is 0.373. The molecule has 2 aromatic rings. The fraction of sp³-hybridized carbons (Fsp3) is 0.409. The first-order valence-electron chi connectivity index (χ1n) is 10.1. The molecule has 3 aliphatic rings. The maximum absolute atomic E-state index is 15.2. The molecular weight excluding hydrogens is 428 g/mol. The number of aliphatic hydroxyl groups is 1. The summed E-state index contributed by atoms with van der Waals surface area (Å²) >= 11 is 12.3. The van der Waals surface area contributed by atoms with Crippen LogP contribution in [0.25, 0.3) is 0 Å². The highest BCUT2D eigenvalue weighted by atomic mass is 35.5. The van der Waals surface area contributed by atoms with Crippen LogP contribution in [-0.4, -0.2) is 41.1 Å². The Bertz CT molecular complexity index is 1030. The van der Waals surface area contributed by atoms with Crippen LogP contribution in [0.5, 0.6) is 0 Å². The van der Waals surface area contributed by atoms with E-state index in [1.807, 2.05) is 4.90 Å². The van der Waals surface area contributed by atoms with Crippen LogP contribution < -0.4 is 11.1 Å². The molecule has 4 N–H and O–H groups in total. The second-order valence-corrected chi connectivity index (χ2v) is 9.30. The number of hydrogen-bond donors (Lipinski definition) is 3. The van der Waals surface area contributed by atoms with Crippen molar-refractivity contribution in [3.8, 4) is 0 Å². The van der Waals surface area contributed by atoms with Gasteiger partial charge in [-0.25, -0.2) is 4.39 Å². The zero-order chi connectivity index (χ0) is 21.2. The lowest BCUT2D eigenvalue weighted by Gasteiger charge is -2.39. The number of nitrogens with two attached hydrogens (primary N) is 1. The van der Waals surface area contributed by atoms with Crippen LogP contribution in [-0.2, 0) is 10.3 Å². The molecule has 4 atom stereocenters. The third kappa shape index (κ3) is 2.75. The predicted molar refractivity (Wildman–Crippen MR) is 114 cm³/mol. The molecule has 5 rings (SSSR count). The van der Waals surface area contributed by atoms with Crippen molar-refractivity contribution >= 4 is 34.8 Å². The molecule has 2 fully saturated rings. The number of nitrogens with one attached hydrogen (secondary N) is 1. The van der Waals surface area contributed by atoms with Crippen molar-refractivity contribution < 1.29 is 14.3 Å². The van der Waals surface area contributed by atoms with E-state index in [0.29, 0.717) is 28.7 Å². The zero-order valence-electron chi connectivity index (χ0n) is 16.1. The van der Waals surface area contributed by atoms with Crippen molar-refractivity contribution in [2.45, 2.75) is 36.4 Å². The number of fused-ring (bicyclic) bond motifs is 2. The minimum Gasteiger partial charge on any atom is -0.395 e. The summed E-state index contributed by atoms with van der Waals surface area (Å²) in [5.41, 5.74) is 6.98. The van der Waals surface area contributed by atoms with Gasteiger partial charge in [0.25, 0.3) is 0 Å². The van der Waals surface area contributed by atoms with Crippen LogP contribution >= 0.6 is 23.2 Å². The van der Waals surface area contributed by atoms with Gasteiger partial charge in [-0.05, 0) is 42.5 Å². The molecule has 2 aromatic carbocycles. The average Bonchev–Trinajstić information content (AvgIpc) is 3.43. The number of amides is 1. The standard InChI is InChI=1S/C22H22Cl2FN3O2/c23-12-6-7-14-16(8-12)27-21(30)22(14)18(13-2-1-3-15(24)19(13)25)20(26)17(10-29)28(22)9-11-4-5-11/h1-3,6-8,11,17-18,20,29H,4-5,9-10,26H2,(H,27,30)/t17?,18?,20-,22-/m0/s1. The second-order valence-electron chi connectivity index (χ2n) is 8.45. The van der Waals surface area contributed by atoms with Crippen molar-refractivity contribution in [3.05, 3.63) is 63.4 Å². The number of aliphatic hydroxyl groups excluding tert-OH is 1. The molecule has 1 spiro atoms. The van der Waals surface area contributed by atoms with E-state index < -0.39 is 29.4 Å². The lowest BCUT2D eigenvalue weighted by molar-refractivity contribution is -0.128. The number of nitrogens with zero attached hydrogens (tertiary/aromatic N) is 1. The SMILES string of the molecule is N[C@H]1C(CO)N(CC2CC2)[C@]2(C(=O)Nc3cc(Cl)ccc32)C1c1cccc(Cl)c1F. The number of rotatable bonds is 4. The summed E-state index contributed by atoms with van der Waals surface area (Å²) in [5, 5.41) is 13.7. The number of anilines is 1. The molecule has 5 nitrogen and oxygen atoms in total. The first kappa shape index (κ1) is 20.2. The summed E-state index contributed by atoms with van der Waals surface area (Å²) in [5.74, 6) is -1.17. The Labute approximate surface area is 183 Å². The Kier molecular flexibility index (Phi) is 4.84. The second kappa shape index (κ2) is 7.18. The molecule has 2 heterocycles. The first-order valence-corrected chi connectivity index (χ1v) is 10.8. The van der Waals surface area contributed by atoms with Gasteiger partial charge in [-0.15, -0.1) is 0 Å². The van der Waals surface area contributed by atoms with Gasteiger partial charge in [0.05, 0.1) is 11.6 Å². The van der Waals surface area contributed by atoms with E-state index >= 15 is 4.39 Å². The summed E-state index contributed by atoms with van der Waals surface area (Å²) in [6, 6.07) is 8.82. The van der Waals surface area contributed by atoms with Gasteiger partial charge in [-0.2, -0.15) is 0 Å². The number of likely N-dealkylation sites (tertiary alicyclic amines) is 1. The molecule has 0 aromatic heterocycles. The molecule has 158 valence electrons. The van der Waals surface area contributed by atoms with Gasteiger partial charge in [0.1, 0.15) is 11.4 Å². The van der Waals surface area contributed by atoms with Crippen LogP contribution in [0.4, 0.5) is 10.1 Å². The van der Waals surface area contributed by atoms with Crippen molar-refractivity contribution in [2.75, 3.05) is 18.5 Å². The minimum absolute atomic E-state index is 0.0224. The summed E-state index contributed by atoms with van der Waals surface area (Å²) in [4.78, 5) is 15.7. The molecule has 1 saturated heterocycles. The molecule has 1 saturated carbocycles. The van der Waals surface area contributed by atoms with Gasteiger partial charge >= 0.3 is 0 Å². The van der Waals surface area contributed by atoms with Crippen molar-refractivity contribution in [3.63, 3.8) is 0 Å². The third-order valence-electron chi connectivity index (χ3n) is 6.77. The third-order valence-corrected chi connectivity index (χ3v) is 7.30. The summed E-state index contributed by atoms with van der Waals surface area (Å²) in [6.07, 6.45) is 2.12. The highest BCUT2D eigenvalue weighted by Crippen LogP contribution is 2.58. The summed E-state index contributed by atoms with van der Waals surface area (Å²) in [7, 11) is 0. The van der Waals surface area contributed by atoms with Gasteiger partial charge in [-0.3, -0.25) is 9.69 Å². The van der Waals surface area contributed by atoms with E-state index in [1.54, 1.807) is 30.3 Å². The Balaban J connectivity index is 1.78. The van der Waals surface area contributed by atoms with Gasteiger partial charge in [-0.1, -0.05) is 41.4 Å². The van der Waals surface area contributed by atoms with Crippen LogP contribution in [0, 0.1) is 11.7 Å². The molecule has 8 heteroatoms. The Morgan fingerprint density at radius 1 is 1.27 bits per heavy atom. The number of halogens is 3. The number of carbonyl (C=O) groups excluding carboxylic acids is 1. The van der Waals surface area contributed by atoms with E-state index in [1.165, 1.54) is 6.07 Å². The molecule has 2 unspecified atom stereocenters. The lowest BCUT2D eigenvalue weighted by atomic mass is 9.73. The predicted octanol–water partition coefficient (Wildman–Crippen LogP) is 3.48. The van der Waals surface area contributed by atoms with Gasteiger partial charge in [0, 0.05) is 40.8 Å². The smallest absolute Gasteiger partial charge is 0.250 e. The van der Waals surface area contributed by atoms with Crippen molar-refractivity contribution in [2.24, 2.45) is 11.7 Å². The van der Waals surface area contributed by atoms with Gasteiger partial charge in [0.2, 0.25) is 5.91 Å². The largest absolute Gasteiger partial charge is 0.395 e.